The number of morpholine rings is 1. The van der Waals surface area contributed by atoms with Gasteiger partial charge in [0.25, 0.3) is 5.91 Å². The second-order valence-electron chi connectivity index (χ2n) is 7.42. The Balaban J connectivity index is 1.64. The molecule has 146 valence electrons. The van der Waals surface area contributed by atoms with E-state index in [1.54, 1.807) is 23.5 Å². The summed E-state index contributed by atoms with van der Waals surface area (Å²) in [6, 6.07) is 9.99. The minimum Gasteiger partial charge on any atom is -0.374 e. The van der Waals surface area contributed by atoms with Crippen molar-refractivity contribution >= 4 is 17.2 Å². The second-order valence-corrected chi connectivity index (χ2v) is 8.45. The van der Waals surface area contributed by atoms with Crippen LogP contribution in [0.2, 0.25) is 0 Å². The summed E-state index contributed by atoms with van der Waals surface area (Å²) in [5.74, 6) is -0.0512. The normalized spacial score (nSPS) is 18.0. The summed E-state index contributed by atoms with van der Waals surface area (Å²) in [6.07, 6.45) is -0.0122. The van der Waals surface area contributed by atoms with Crippen LogP contribution in [-0.4, -0.2) is 54.6 Å². The summed E-state index contributed by atoms with van der Waals surface area (Å²) in [4.78, 5) is 18.5. The molecule has 0 spiro atoms. The molecular formula is C21H27FN2O2S. The van der Waals surface area contributed by atoms with Gasteiger partial charge in [-0.3, -0.25) is 9.69 Å². The van der Waals surface area contributed by atoms with Gasteiger partial charge in [0, 0.05) is 43.2 Å². The summed E-state index contributed by atoms with van der Waals surface area (Å²) >= 11 is 1.77. The molecule has 0 N–H and O–H groups in total. The standard InChI is InChI=1S/C21H27FN2O2S/c1-16(2)12-24(21(25)17-5-7-18(22)8-6-17)14-19-13-23(9-10-26-19)15-20-4-3-11-27-20/h3-8,11,16,19H,9-10,12-15H2,1-2H3/t19-/m1/s1. The van der Waals surface area contributed by atoms with E-state index in [0.717, 1.165) is 19.6 Å². The summed E-state index contributed by atoms with van der Waals surface area (Å²) in [7, 11) is 0. The van der Waals surface area contributed by atoms with Gasteiger partial charge in [0.05, 0.1) is 12.7 Å². The van der Waals surface area contributed by atoms with Crippen molar-refractivity contribution in [3.63, 3.8) is 0 Å². The van der Waals surface area contributed by atoms with Crippen LogP contribution in [0.15, 0.2) is 41.8 Å². The molecule has 1 aromatic heterocycles. The molecule has 1 saturated heterocycles. The first-order chi connectivity index (χ1) is 13.0. The van der Waals surface area contributed by atoms with Crippen molar-refractivity contribution in [1.29, 1.82) is 0 Å². The Kier molecular flexibility index (Phi) is 6.99. The number of hydrogen-bond donors (Lipinski definition) is 0. The van der Waals surface area contributed by atoms with E-state index in [2.05, 4.69) is 36.3 Å². The van der Waals surface area contributed by atoms with Gasteiger partial charge in [0.1, 0.15) is 5.82 Å². The third kappa shape index (κ3) is 5.86. The monoisotopic (exact) mass is 390 g/mol. The van der Waals surface area contributed by atoms with Crippen LogP contribution >= 0.6 is 11.3 Å². The number of carbonyl (C=O) groups is 1. The molecule has 4 nitrogen and oxygen atoms in total. The molecule has 0 unspecified atom stereocenters. The topological polar surface area (TPSA) is 32.8 Å². The molecule has 1 atom stereocenters. The lowest BCUT2D eigenvalue weighted by Crippen LogP contribution is -2.49. The lowest BCUT2D eigenvalue weighted by Gasteiger charge is -2.36. The van der Waals surface area contributed by atoms with Gasteiger partial charge < -0.3 is 9.64 Å². The third-order valence-electron chi connectivity index (χ3n) is 4.57. The maximum atomic E-state index is 13.2. The maximum Gasteiger partial charge on any atom is 0.253 e. The van der Waals surface area contributed by atoms with Gasteiger partial charge in [-0.15, -0.1) is 11.3 Å². The van der Waals surface area contributed by atoms with Gasteiger partial charge >= 0.3 is 0 Å². The van der Waals surface area contributed by atoms with E-state index in [1.165, 1.54) is 17.0 Å². The van der Waals surface area contributed by atoms with Gasteiger partial charge in [-0.2, -0.15) is 0 Å². The highest BCUT2D eigenvalue weighted by molar-refractivity contribution is 7.09. The van der Waals surface area contributed by atoms with Crippen molar-refractivity contribution < 1.29 is 13.9 Å². The highest BCUT2D eigenvalue weighted by atomic mass is 32.1. The Morgan fingerprint density at radius 2 is 2.11 bits per heavy atom. The predicted molar refractivity (Wildman–Crippen MR) is 106 cm³/mol. The smallest absolute Gasteiger partial charge is 0.253 e. The fourth-order valence-electron chi connectivity index (χ4n) is 3.36. The highest BCUT2D eigenvalue weighted by Crippen LogP contribution is 2.17. The number of halogens is 1. The number of thiophene rings is 1. The minimum absolute atomic E-state index is 0.0122. The molecule has 1 aliphatic rings. The first kappa shape index (κ1) is 20.0. The lowest BCUT2D eigenvalue weighted by atomic mass is 10.1. The first-order valence-electron chi connectivity index (χ1n) is 9.42. The van der Waals surface area contributed by atoms with Crippen molar-refractivity contribution in [2.75, 3.05) is 32.8 Å². The van der Waals surface area contributed by atoms with E-state index in [1.807, 2.05) is 4.90 Å². The van der Waals surface area contributed by atoms with Crippen molar-refractivity contribution in [3.8, 4) is 0 Å². The minimum atomic E-state index is -0.332. The average molecular weight is 391 g/mol. The molecule has 2 heterocycles. The lowest BCUT2D eigenvalue weighted by molar-refractivity contribution is -0.0435. The number of hydrogen-bond acceptors (Lipinski definition) is 4. The molecule has 0 saturated carbocycles. The molecule has 2 aromatic rings. The number of ether oxygens (including phenoxy) is 1. The Hall–Kier alpha value is -1.76. The third-order valence-corrected chi connectivity index (χ3v) is 5.43. The van der Waals surface area contributed by atoms with Crippen molar-refractivity contribution in [2.45, 2.75) is 26.5 Å². The van der Waals surface area contributed by atoms with Crippen LogP contribution in [0.3, 0.4) is 0 Å². The van der Waals surface area contributed by atoms with Crippen LogP contribution in [-0.2, 0) is 11.3 Å². The molecule has 27 heavy (non-hydrogen) atoms. The van der Waals surface area contributed by atoms with E-state index in [9.17, 15) is 9.18 Å². The fraction of sp³-hybridized carbons (Fsp3) is 0.476. The number of amides is 1. The summed E-state index contributed by atoms with van der Waals surface area (Å²) < 4.78 is 19.1. The number of rotatable bonds is 7. The molecule has 1 amide bonds. The van der Waals surface area contributed by atoms with E-state index in [-0.39, 0.29) is 17.8 Å². The van der Waals surface area contributed by atoms with E-state index in [4.69, 9.17) is 4.74 Å². The largest absolute Gasteiger partial charge is 0.374 e. The quantitative estimate of drug-likeness (QED) is 0.719. The molecule has 0 bridgehead atoms. The number of benzene rings is 1. The van der Waals surface area contributed by atoms with Crippen molar-refractivity contribution in [3.05, 3.63) is 58.0 Å². The van der Waals surface area contributed by atoms with Crippen molar-refractivity contribution in [2.24, 2.45) is 5.92 Å². The molecular weight excluding hydrogens is 363 g/mol. The highest BCUT2D eigenvalue weighted by Gasteiger charge is 2.26. The van der Waals surface area contributed by atoms with Crippen LogP contribution in [0.25, 0.3) is 0 Å². The van der Waals surface area contributed by atoms with Gasteiger partial charge in [-0.1, -0.05) is 19.9 Å². The summed E-state index contributed by atoms with van der Waals surface area (Å²) in [5, 5.41) is 2.10. The van der Waals surface area contributed by atoms with Gasteiger partial charge in [-0.05, 0) is 41.6 Å². The van der Waals surface area contributed by atoms with Crippen molar-refractivity contribution in [1.82, 2.24) is 9.80 Å². The molecule has 1 aliphatic heterocycles. The molecule has 0 aliphatic carbocycles. The van der Waals surface area contributed by atoms with E-state index >= 15 is 0 Å². The Bertz CT molecular complexity index is 718. The van der Waals surface area contributed by atoms with Gasteiger partial charge in [-0.25, -0.2) is 4.39 Å². The summed E-state index contributed by atoms with van der Waals surface area (Å²) in [6.45, 7) is 8.71. The van der Waals surface area contributed by atoms with E-state index in [0.29, 0.717) is 31.2 Å². The van der Waals surface area contributed by atoms with Crippen LogP contribution in [0.1, 0.15) is 29.1 Å². The predicted octanol–water partition coefficient (Wildman–Crippen LogP) is 3.89. The zero-order valence-corrected chi connectivity index (χ0v) is 16.8. The zero-order chi connectivity index (χ0) is 19.2. The Morgan fingerprint density at radius 1 is 1.33 bits per heavy atom. The first-order valence-corrected chi connectivity index (χ1v) is 10.3. The molecule has 1 fully saturated rings. The van der Waals surface area contributed by atoms with Gasteiger partial charge in [0.15, 0.2) is 0 Å². The molecule has 1 aromatic carbocycles. The maximum absolute atomic E-state index is 13.2. The van der Waals surface area contributed by atoms with Crippen LogP contribution < -0.4 is 0 Å². The van der Waals surface area contributed by atoms with Crippen LogP contribution in [0, 0.1) is 11.7 Å². The second kappa shape index (κ2) is 9.44. The fourth-order valence-corrected chi connectivity index (χ4v) is 4.11. The zero-order valence-electron chi connectivity index (χ0n) is 15.9. The van der Waals surface area contributed by atoms with Crippen LogP contribution in [0.5, 0.6) is 0 Å². The molecule has 6 heteroatoms. The Labute approximate surface area is 164 Å². The number of nitrogens with zero attached hydrogens (tertiary/aromatic N) is 2. The van der Waals surface area contributed by atoms with Crippen LogP contribution in [0.4, 0.5) is 4.39 Å². The molecule has 0 radical (unpaired) electrons. The Morgan fingerprint density at radius 3 is 2.78 bits per heavy atom. The average Bonchev–Trinajstić information content (AvgIpc) is 3.14. The van der Waals surface area contributed by atoms with Gasteiger partial charge in [0.2, 0.25) is 0 Å². The summed E-state index contributed by atoms with van der Waals surface area (Å²) in [5.41, 5.74) is 0.517. The molecule has 3 rings (SSSR count). The van der Waals surface area contributed by atoms with E-state index < -0.39 is 0 Å². The number of carbonyl (C=O) groups excluding carboxylic acids is 1. The SMILES string of the molecule is CC(C)CN(C[C@H]1CN(Cc2cccs2)CCO1)C(=O)c1ccc(F)cc1.